The number of hydrogen-bond donors (Lipinski definition) is 1. The van der Waals surface area contributed by atoms with Gasteiger partial charge in [0.15, 0.2) is 31.2 Å². The molecule has 13 heteroatoms. The van der Waals surface area contributed by atoms with Gasteiger partial charge >= 0.3 is 6.36 Å². The largest absolute Gasteiger partial charge is 0.573 e. The fourth-order valence-corrected chi connectivity index (χ4v) is 5.65. The van der Waals surface area contributed by atoms with Crippen molar-refractivity contribution in [2.45, 2.75) is 21.9 Å². The van der Waals surface area contributed by atoms with Gasteiger partial charge in [0.1, 0.15) is 4.90 Å². The van der Waals surface area contributed by atoms with E-state index >= 15 is 0 Å². The van der Waals surface area contributed by atoms with Crippen LogP contribution in [-0.2, 0) is 25.4 Å². The lowest BCUT2D eigenvalue weighted by molar-refractivity contribution is -0.275. The summed E-state index contributed by atoms with van der Waals surface area (Å²) in [5.74, 6) is -3.07. The third-order valence-electron chi connectivity index (χ3n) is 3.28. The second kappa shape index (κ2) is 7.84. The predicted octanol–water partition coefficient (Wildman–Crippen LogP) is 4.19. The lowest BCUT2D eigenvalue weighted by atomic mass is 10.2. The highest BCUT2D eigenvalue weighted by Gasteiger charge is 2.34. The van der Waals surface area contributed by atoms with Crippen molar-refractivity contribution in [3.05, 3.63) is 44.8 Å². The molecule has 0 saturated heterocycles. The van der Waals surface area contributed by atoms with E-state index in [4.69, 9.17) is 0 Å². The molecule has 2 aromatic carbocycles. The molecule has 0 heterocycles. The van der Waals surface area contributed by atoms with E-state index in [-0.39, 0.29) is 14.9 Å². The van der Waals surface area contributed by atoms with Crippen LogP contribution in [0.2, 0.25) is 0 Å². The zero-order valence-electron chi connectivity index (χ0n) is 13.8. The van der Waals surface area contributed by atoms with Crippen LogP contribution < -0.4 is 4.74 Å². The minimum Gasteiger partial charge on any atom is -0.503 e. The van der Waals surface area contributed by atoms with Crippen LogP contribution in [-0.4, -0.2) is 34.6 Å². The van der Waals surface area contributed by atoms with Crippen molar-refractivity contribution < 1.29 is 39.9 Å². The second-order valence-electron chi connectivity index (χ2n) is 5.62. The molecule has 1 N–H and O–H groups in total. The van der Waals surface area contributed by atoms with Gasteiger partial charge in [0.25, 0.3) is 0 Å². The zero-order chi connectivity index (χ0) is 21.5. The quantitative estimate of drug-likeness (QED) is 0.582. The lowest BCUT2D eigenvalue weighted by Gasteiger charge is -2.14. The maximum absolute atomic E-state index is 12.7. The molecule has 0 aromatic heterocycles. The minimum atomic E-state index is -5.14. The van der Waals surface area contributed by atoms with E-state index in [2.05, 4.69) is 36.6 Å². The maximum atomic E-state index is 12.7. The number of rotatable bonds is 5. The summed E-state index contributed by atoms with van der Waals surface area (Å²) in [6.45, 7) is 0. The number of benzene rings is 2. The standard InChI is InChI=1S/C15H11Br2F3O6S2/c1-27(22,23)11-3-8(2-9(16)4-11)7-28(24,25)13-6-10(17)5-12(14(13)21)26-15(18,19)20/h2-6,21H,7H2,1H3. The molecule has 0 fully saturated rings. The molecule has 0 spiro atoms. The van der Waals surface area contributed by atoms with E-state index < -0.39 is 48.2 Å². The molecule has 0 saturated carbocycles. The van der Waals surface area contributed by atoms with Crippen LogP contribution in [0.5, 0.6) is 11.5 Å². The molecule has 154 valence electrons. The Morgan fingerprint density at radius 1 is 1.00 bits per heavy atom. The molecule has 0 aliphatic heterocycles. The summed E-state index contributed by atoms with van der Waals surface area (Å²) in [6, 6.07) is 5.43. The lowest BCUT2D eigenvalue weighted by Crippen LogP contribution is -2.18. The van der Waals surface area contributed by atoms with Gasteiger partial charge in [-0.15, -0.1) is 13.2 Å². The smallest absolute Gasteiger partial charge is 0.503 e. The van der Waals surface area contributed by atoms with Gasteiger partial charge in [-0.05, 0) is 35.9 Å². The Balaban J connectivity index is 2.53. The molecular weight excluding hydrogens is 557 g/mol. The molecule has 2 aromatic rings. The summed E-state index contributed by atoms with van der Waals surface area (Å²) in [5, 5.41) is 10.00. The molecule has 0 atom stereocenters. The van der Waals surface area contributed by atoms with Crippen LogP contribution in [0.25, 0.3) is 0 Å². The number of sulfone groups is 2. The molecule has 0 aliphatic carbocycles. The molecule has 0 radical (unpaired) electrons. The average molecular weight is 568 g/mol. The highest BCUT2D eigenvalue weighted by Crippen LogP contribution is 2.40. The third-order valence-corrected chi connectivity index (χ3v) is 6.98. The van der Waals surface area contributed by atoms with Crippen molar-refractivity contribution in [2.75, 3.05) is 6.26 Å². The Kier molecular flexibility index (Phi) is 6.43. The molecule has 0 amide bonds. The molecular formula is C15H11Br2F3O6S2. The first-order chi connectivity index (χ1) is 12.6. The van der Waals surface area contributed by atoms with Crippen molar-refractivity contribution in [2.24, 2.45) is 0 Å². The number of hydrogen-bond acceptors (Lipinski definition) is 6. The van der Waals surface area contributed by atoms with Crippen molar-refractivity contribution in [3.63, 3.8) is 0 Å². The van der Waals surface area contributed by atoms with Gasteiger partial charge in [-0.2, -0.15) is 0 Å². The number of phenolic OH excluding ortho intramolecular Hbond substituents is 1. The Hall–Kier alpha value is -1.31. The van der Waals surface area contributed by atoms with Crippen molar-refractivity contribution >= 4 is 51.5 Å². The first-order valence-corrected chi connectivity index (χ1v) is 12.2. The van der Waals surface area contributed by atoms with Gasteiger partial charge < -0.3 is 9.84 Å². The fourth-order valence-electron chi connectivity index (χ4n) is 2.21. The number of halogens is 5. The summed E-state index contributed by atoms with van der Waals surface area (Å²) in [4.78, 5) is -0.950. The fraction of sp³-hybridized carbons (Fsp3) is 0.200. The molecule has 0 aliphatic rings. The van der Waals surface area contributed by atoms with Crippen LogP contribution in [0.1, 0.15) is 5.56 Å². The average Bonchev–Trinajstić information content (AvgIpc) is 2.47. The molecule has 28 heavy (non-hydrogen) atoms. The summed E-state index contributed by atoms with van der Waals surface area (Å²) in [5.41, 5.74) is 0.0486. The van der Waals surface area contributed by atoms with Crippen molar-refractivity contribution in [1.82, 2.24) is 0 Å². The summed E-state index contributed by atoms with van der Waals surface area (Å²) < 4.78 is 90.1. The molecule has 0 unspecified atom stereocenters. The zero-order valence-corrected chi connectivity index (χ0v) is 18.6. The van der Waals surface area contributed by atoms with Crippen molar-refractivity contribution in [1.29, 1.82) is 0 Å². The van der Waals surface area contributed by atoms with Gasteiger partial charge in [-0.1, -0.05) is 31.9 Å². The highest BCUT2D eigenvalue weighted by atomic mass is 79.9. The normalized spacial score (nSPS) is 12.8. The minimum absolute atomic E-state index is 0.0486. The third kappa shape index (κ3) is 5.84. The summed E-state index contributed by atoms with van der Waals surface area (Å²) >= 11 is 5.95. The van der Waals surface area contributed by atoms with Crippen LogP contribution in [0, 0.1) is 0 Å². The van der Waals surface area contributed by atoms with Crippen LogP contribution in [0.4, 0.5) is 13.2 Å². The number of aromatic hydroxyl groups is 1. The van der Waals surface area contributed by atoms with E-state index in [1.807, 2.05) is 0 Å². The highest BCUT2D eigenvalue weighted by molar-refractivity contribution is 9.10. The van der Waals surface area contributed by atoms with Gasteiger partial charge in [0.05, 0.1) is 10.6 Å². The van der Waals surface area contributed by atoms with Crippen LogP contribution in [0.3, 0.4) is 0 Å². The maximum Gasteiger partial charge on any atom is 0.573 e. The summed E-state index contributed by atoms with van der Waals surface area (Å²) in [7, 11) is -8.00. The van der Waals surface area contributed by atoms with Crippen LogP contribution >= 0.6 is 31.9 Å². The predicted molar refractivity (Wildman–Crippen MR) is 101 cm³/mol. The number of phenols is 1. The van der Waals surface area contributed by atoms with E-state index in [1.54, 1.807) is 0 Å². The van der Waals surface area contributed by atoms with E-state index in [9.17, 15) is 35.1 Å². The van der Waals surface area contributed by atoms with Crippen molar-refractivity contribution in [3.8, 4) is 11.5 Å². The Morgan fingerprint density at radius 3 is 2.11 bits per heavy atom. The van der Waals surface area contributed by atoms with Gasteiger partial charge in [0, 0.05) is 15.2 Å². The van der Waals surface area contributed by atoms with E-state index in [0.717, 1.165) is 24.5 Å². The Labute approximate surface area is 175 Å². The van der Waals surface area contributed by atoms with E-state index in [0.29, 0.717) is 4.47 Å². The topological polar surface area (TPSA) is 97.7 Å². The first-order valence-electron chi connectivity index (χ1n) is 7.09. The molecule has 0 bridgehead atoms. The molecule has 6 nitrogen and oxygen atoms in total. The number of ether oxygens (including phenoxy) is 1. The Morgan fingerprint density at radius 2 is 1.57 bits per heavy atom. The Bertz CT molecular complexity index is 1130. The monoisotopic (exact) mass is 566 g/mol. The SMILES string of the molecule is CS(=O)(=O)c1cc(Br)cc(CS(=O)(=O)c2cc(Br)cc(OC(F)(F)F)c2O)c1. The van der Waals surface area contributed by atoms with Gasteiger partial charge in [-0.25, -0.2) is 16.8 Å². The summed E-state index contributed by atoms with van der Waals surface area (Å²) in [6.07, 6.45) is -4.21. The van der Waals surface area contributed by atoms with Crippen LogP contribution in [0.15, 0.2) is 49.1 Å². The first kappa shape index (κ1) is 23.0. The van der Waals surface area contributed by atoms with Gasteiger partial charge in [-0.3, -0.25) is 0 Å². The van der Waals surface area contributed by atoms with E-state index in [1.165, 1.54) is 12.1 Å². The molecule has 2 rings (SSSR count). The number of alkyl halides is 3. The van der Waals surface area contributed by atoms with Gasteiger partial charge in [0.2, 0.25) is 0 Å². The second-order valence-corrected chi connectivity index (χ2v) is 11.4.